The average Bonchev–Trinajstić information content (AvgIpc) is 3.78. The lowest BCUT2D eigenvalue weighted by atomic mass is 9.82. The molecule has 4 aliphatic heterocycles. The van der Waals surface area contributed by atoms with E-state index in [-0.39, 0.29) is 61.4 Å². The number of rotatable bonds is 16. The lowest BCUT2D eigenvalue weighted by molar-refractivity contribution is -0.151. The molecule has 4 aliphatic rings. The number of aliphatic hydroxyl groups excluding tert-OH is 2. The number of fused-ring (bicyclic) bond motifs is 4. The van der Waals surface area contributed by atoms with Gasteiger partial charge in [-0.05, 0) is 128 Å². The number of halogens is 1. The summed E-state index contributed by atoms with van der Waals surface area (Å²) in [5, 5.41) is 25.0. The fourth-order valence-electron chi connectivity index (χ4n) is 11.6. The summed E-state index contributed by atoms with van der Waals surface area (Å²) in [6.07, 6.45) is 1.87. The van der Waals surface area contributed by atoms with E-state index >= 15 is 4.79 Å². The van der Waals surface area contributed by atoms with Gasteiger partial charge in [0.1, 0.15) is 11.5 Å². The molecule has 1 saturated heterocycles. The summed E-state index contributed by atoms with van der Waals surface area (Å²) in [5.41, 5.74) is 5.26. The highest BCUT2D eigenvalue weighted by Gasteiger charge is 2.66. The molecule has 1 spiro atoms. The van der Waals surface area contributed by atoms with Crippen molar-refractivity contribution >= 4 is 59.6 Å². The second kappa shape index (κ2) is 20.1. The number of amides is 3. The van der Waals surface area contributed by atoms with Gasteiger partial charge in [0, 0.05) is 35.3 Å². The maximum atomic E-state index is 15.7. The Labute approximate surface area is 411 Å². The highest BCUT2D eigenvalue weighted by Crippen LogP contribution is 2.60. The Morgan fingerprint density at radius 3 is 2.32 bits per heavy atom. The highest BCUT2D eigenvalue weighted by molar-refractivity contribution is 6.91. The number of hydrogen-bond acceptors (Lipinski definition) is 9. The highest BCUT2D eigenvalue weighted by atomic mass is 35.5. The van der Waals surface area contributed by atoms with Crippen LogP contribution in [-0.4, -0.2) is 92.6 Å². The van der Waals surface area contributed by atoms with E-state index in [9.17, 15) is 19.8 Å². The van der Waals surface area contributed by atoms with E-state index in [0.29, 0.717) is 60.9 Å². The van der Waals surface area contributed by atoms with Gasteiger partial charge >= 0.3 is 0 Å². The minimum absolute atomic E-state index is 0.0387. The zero-order valence-electron chi connectivity index (χ0n) is 40.1. The SMILES string of the molecule is CCOc1ccc2c(c1)CC(NCCCCO)C(=O)N2c1ccc(CN2C(=O)[C@@]3(O[C@@H](CC(=O)N4Cc5ccccc5C[C@H]4CO)[C@H]([Si](C)(C)c4ccc(OC)cc4)[C@H]3C)c3cc(Cl)ccc32)cc1. The largest absolute Gasteiger partial charge is 0.497 e. The molecule has 6 atom stereocenters. The molecule has 69 heavy (non-hydrogen) atoms. The molecule has 9 rings (SSSR count). The Morgan fingerprint density at radius 2 is 1.61 bits per heavy atom. The molecule has 12 nitrogen and oxygen atoms in total. The van der Waals surface area contributed by atoms with Gasteiger partial charge in [-0.3, -0.25) is 19.3 Å². The van der Waals surface area contributed by atoms with Gasteiger partial charge in [-0.2, -0.15) is 0 Å². The number of unbranched alkanes of at least 4 members (excludes halogenated alkanes) is 1. The predicted octanol–water partition coefficient (Wildman–Crippen LogP) is 7.80. The monoisotopic (exact) mass is 970 g/mol. The normalized spacial score (nSPS) is 23.0. The summed E-state index contributed by atoms with van der Waals surface area (Å²) in [5.74, 6) is 0.718. The van der Waals surface area contributed by atoms with Crippen molar-refractivity contribution in [3.05, 3.63) is 142 Å². The van der Waals surface area contributed by atoms with Crippen molar-refractivity contribution in [3.8, 4) is 11.5 Å². The topological polar surface area (TPSA) is 141 Å². The van der Waals surface area contributed by atoms with Gasteiger partial charge in [0.15, 0.2) is 5.60 Å². The number of nitrogens with zero attached hydrogens (tertiary/aromatic N) is 3. The van der Waals surface area contributed by atoms with Crippen LogP contribution in [0.3, 0.4) is 0 Å². The van der Waals surface area contributed by atoms with Gasteiger partial charge in [0.05, 0.1) is 70.9 Å². The molecule has 4 heterocycles. The number of anilines is 3. The van der Waals surface area contributed by atoms with E-state index in [2.05, 4.69) is 43.5 Å². The third kappa shape index (κ3) is 8.98. The second-order valence-electron chi connectivity index (χ2n) is 19.4. The van der Waals surface area contributed by atoms with Crippen LogP contribution < -0.4 is 29.8 Å². The van der Waals surface area contributed by atoms with E-state index in [4.69, 9.17) is 25.8 Å². The molecule has 1 unspecified atom stereocenters. The number of carbonyl (C=O) groups excluding carboxylic acids is 3. The summed E-state index contributed by atoms with van der Waals surface area (Å²) < 4.78 is 18.7. The minimum atomic E-state index is -2.60. The van der Waals surface area contributed by atoms with E-state index in [1.54, 1.807) is 27.9 Å². The summed E-state index contributed by atoms with van der Waals surface area (Å²) in [6, 6.07) is 34.5. The Balaban J connectivity index is 1.04. The van der Waals surface area contributed by atoms with Crippen molar-refractivity contribution < 1.29 is 38.8 Å². The van der Waals surface area contributed by atoms with Crippen molar-refractivity contribution in [2.75, 3.05) is 43.3 Å². The van der Waals surface area contributed by atoms with Crippen molar-refractivity contribution in [2.24, 2.45) is 5.92 Å². The Kier molecular flexibility index (Phi) is 14.1. The molecule has 0 aromatic heterocycles. The summed E-state index contributed by atoms with van der Waals surface area (Å²) in [7, 11) is -0.951. The summed E-state index contributed by atoms with van der Waals surface area (Å²) >= 11 is 6.82. The smallest absolute Gasteiger partial charge is 0.264 e. The van der Waals surface area contributed by atoms with E-state index < -0.39 is 25.8 Å². The Bertz CT molecular complexity index is 2700. The molecule has 0 saturated carbocycles. The zero-order chi connectivity index (χ0) is 48.6. The zero-order valence-corrected chi connectivity index (χ0v) is 41.9. The molecule has 5 aromatic rings. The average molecular weight is 972 g/mol. The van der Waals surface area contributed by atoms with E-state index in [1.807, 2.05) is 91.9 Å². The van der Waals surface area contributed by atoms with Crippen molar-refractivity contribution in [3.63, 3.8) is 0 Å². The molecule has 3 amide bonds. The number of ether oxygens (including phenoxy) is 3. The number of benzene rings is 5. The van der Waals surface area contributed by atoms with Gasteiger partial charge in [0.2, 0.25) is 11.8 Å². The third-order valence-electron chi connectivity index (χ3n) is 15.1. The van der Waals surface area contributed by atoms with Crippen molar-refractivity contribution in [2.45, 2.75) is 101 Å². The van der Waals surface area contributed by atoms with Crippen LogP contribution >= 0.6 is 11.6 Å². The first-order chi connectivity index (χ1) is 33.3. The second-order valence-corrected chi connectivity index (χ2v) is 24.6. The van der Waals surface area contributed by atoms with Gasteiger partial charge in [-0.25, -0.2) is 0 Å². The van der Waals surface area contributed by atoms with Crippen LogP contribution in [0, 0.1) is 5.92 Å². The van der Waals surface area contributed by atoms with Gasteiger partial charge in [0.25, 0.3) is 5.91 Å². The number of methoxy groups -OCH3 is 1. The van der Waals surface area contributed by atoms with Crippen LogP contribution in [-0.2, 0) is 50.7 Å². The summed E-state index contributed by atoms with van der Waals surface area (Å²) in [4.78, 5) is 50.0. The van der Waals surface area contributed by atoms with Crippen LogP contribution in [0.2, 0.25) is 23.7 Å². The Morgan fingerprint density at radius 1 is 0.884 bits per heavy atom. The first kappa shape index (κ1) is 48.5. The van der Waals surface area contributed by atoms with Crippen molar-refractivity contribution in [1.29, 1.82) is 0 Å². The minimum Gasteiger partial charge on any atom is -0.497 e. The maximum Gasteiger partial charge on any atom is 0.264 e. The molecule has 14 heteroatoms. The number of nitrogens with one attached hydrogen (secondary N) is 1. The standard InChI is InChI=1S/C55H63ClN4O8Si/c1-6-67-44-20-24-48-39(28-44)29-47(57-25-9-10-26-61)53(64)60(48)41-16-13-36(14-17-41)32-59-49-23-15-40(56)30-46(49)55(54(59)65)35(2)52(69(4,5)45-21-18-43(66-3)19-22-45)50(68-55)31-51(63)58-33-38-12-8-7-11-37(38)27-42(58)34-62/h7-8,11-24,28,30,35,42,47,50,52,57,61-62H,6,9-10,25-27,29,31-34H2,1-5H3/t35-,42+,47?,50+,52-,55+/m1/s1. The van der Waals surface area contributed by atoms with E-state index in [1.165, 1.54) is 0 Å². The van der Waals surface area contributed by atoms with Crippen LogP contribution in [0.5, 0.6) is 11.5 Å². The van der Waals surface area contributed by atoms with Gasteiger partial charge in [-0.1, -0.05) is 85.3 Å². The number of hydrogen-bond donors (Lipinski definition) is 3. The maximum absolute atomic E-state index is 15.7. The lowest BCUT2D eigenvalue weighted by Crippen LogP contribution is -2.52. The fraction of sp³-hybridized carbons (Fsp3) is 0.400. The predicted molar refractivity (Wildman–Crippen MR) is 271 cm³/mol. The molecule has 5 aromatic carbocycles. The van der Waals surface area contributed by atoms with Crippen LogP contribution in [0.1, 0.15) is 60.9 Å². The third-order valence-corrected chi connectivity index (χ3v) is 19.7. The molecule has 1 fully saturated rings. The fourth-order valence-corrected chi connectivity index (χ4v) is 15.8. The molecule has 3 N–H and O–H groups in total. The Hall–Kier alpha value is -5.54. The molecule has 362 valence electrons. The van der Waals surface area contributed by atoms with Gasteiger partial charge < -0.3 is 39.5 Å². The van der Waals surface area contributed by atoms with Gasteiger partial charge in [-0.15, -0.1) is 0 Å². The molecular weight excluding hydrogens is 908 g/mol. The van der Waals surface area contributed by atoms with Crippen molar-refractivity contribution in [1.82, 2.24) is 10.2 Å². The molecule has 0 radical (unpaired) electrons. The number of aliphatic hydroxyl groups is 2. The van der Waals surface area contributed by atoms with E-state index in [0.717, 1.165) is 51.0 Å². The van der Waals surface area contributed by atoms with Crippen LogP contribution in [0.15, 0.2) is 109 Å². The molecule has 0 aliphatic carbocycles. The number of carbonyl (C=O) groups is 3. The first-order valence-corrected chi connectivity index (χ1v) is 27.7. The quantitative estimate of drug-likeness (QED) is 0.0668. The summed E-state index contributed by atoms with van der Waals surface area (Å²) in [6.45, 7) is 10.3. The molecule has 0 bridgehead atoms. The van der Waals surface area contributed by atoms with Crippen LogP contribution in [0.25, 0.3) is 0 Å². The molecular formula is C55H63ClN4O8Si. The first-order valence-electron chi connectivity index (χ1n) is 24.3. The van der Waals surface area contributed by atoms with Crippen LogP contribution in [0.4, 0.5) is 17.1 Å². The lowest BCUT2D eigenvalue weighted by Gasteiger charge is -2.39.